The first-order valence-electron chi connectivity index (χ1n) is 7.06. The first-order chi connectivity index (χ1) is 9.40. The Bertz CT molecular complexity index is 459. The van der Waals surface area contributed by atoms with Crippen molar-refractivity contribution in [2.45, 2.75) is 46.6 Å². The molecule has 0 aliphatic carbocycles. The fourth-order valence-electron chi connectivity index (χ4n) is 2.30. The van der Waals surface area contributed by atoms with Crippen LogP contribution in [0.4, 0.5) is 5.82 Å². The summed E-state index contributed by atoms with van der Waals surface area (Å²) in [5.74, 6) is 0.142. The highest BCUT2D eigenvalue weighted by Gasteiger charge is 2.20. The number of carboxylic acid groups (broad SMARTS) is 1. The Balaban J connectivity index is 3.19. The van der Waals surface area contributed by atoms with E-state index in [0.29, 0.717) is 17.8 Å². The summed E-state index contributed by atoms with van der Waals surface area (Å²) in [6, 6.07) is 1.93. The van der Waals surface area contributed by atoms with Gasteiger partial charge in [0.1, 0.15) is 5.82 Å². The molecular formula is C15H23ClN2O2. The molecule has 0 saturated heterocycles. The number of carboxylic acids is 1. The molecule has 20 heavy (non-hydrogen) atoms. The quantitative estimate of drug-likeness (QED) is 0.824. The second-order valence-corrected chi connectivity index (χ2v) is 5.75. The van der Waals surface area contributed by atoms with Crippen molar-refractivity contribution >= 4 is 23.4 Å². The number of nitrogens with zero attached hydrogens (tertiary/aromatic N) is 2. The molecule has 0 saturated carbocycles. The van der Waals surface area contributed by atoms with Crippen LogP contribution in [-0.4, -0.2) is 28.6 Å². The minimum Gasteiger partial charge on any atom is -0.478 e. The molecule has 0 unspecified atom stereocenters. The maximum absolute atomic E-state index is 11.2. The standard InChI is InChI=1S/C15H23ClN2O2/c1-5-11(6-2)18(9-10(3)4)14-7-12(15(19)20)13(16)8-17-14/h7-8,10-11H,5-6,9H2,1-4H3,(H,19,20). The molecule has 0 spiro atoms. The van der Waals surface area contributed by atoms with Gasteiger partial charge in [-0.25, -0.2) is 9.78 Å². The maximum Gasteiger partial charge on any atom is 0.337 e. The monoisotopic (exact) mass is 298 g/mol. The predicted molar refractivity (Wildman–Crippen MR) is 82.8 cm³/mol. The maximum atomic E-state index is 11.2. The van der Waals surface area contributed by atoms with Crippen LogP contribution in [0.1, 0.15) is 50.9 Å². The molecular weight excluding hydrogens is 276 g/mol. The van der Waals surface area contributed by atoms with Crippen LogP contribution < -0.4 is 4.90 Å². The highest BCUT2D eigenvalue weighted by atomic mass is 35.5. The number of aromatic carboxylic acids is 1. The lowest BCUT2D eigenvalue weighted by atomic mass is 10.1. The van der Waals surface area contributed by atoms with Crippen LogP contribution in [0.15, 0.2) is 12.3 Å². The van der Waals surface area contributed by atoms with Crippen molar-refractivity contribution in [1.82, 2.24) is 4.98 Å². The third-order valence-electron chi connectivity index (χ3n) is 3.31. The summed E-state index contributed by atoms with van der Waals surface area (Å²) >= 11 is 5.89. The van der Waals surface area contributed by atoms with Crippen molar-refractivity contribution in [1.29, 1.82) is 0 Å². The Morgan fingerprint density at radius 1 is 1.40 bits per heavy atom. The second-order valence-electron chi connectivity index (χ2n) is 5.34. The Hall–Kier alpha value is -1.29. The normalized spacial score (nSPS) is 11.2. The molecule has 0 aliphatic heterocycles. The van der Waals surface area contributed by atoms with E-state index in [-0.39, 0.29) is 10.6 Å². The summed E-state index contributed by atoms with van der Waals surface area (Å²) in [4.78, 5) is 17.7. The van der Waals surface area contributed by atoms with E-state index < -0.39 is 5.97 Å². The van der Waals surface area contributed by atoms with Crippen molar-refractivity contribution in [3.05, 3.63) is 22.8 Å². The van der Waals surface area contributed by atoms with Crippen LogP contribution in [-0.2, 0) is 0 Å². The second kappa shape index (κ2) is 7.48. The van der Waals surface area contributed by atoms with Gasteiger partial charge in [-0.15, -0.1) is 0 Å². The predicted octanol–water partition coefficient (Wildman–Crippen LogP) is 4.08. The van der Waals surface area contributed by atoms with Crippen molar-refractivity contribution < 1.29 is 9.90 Å². The number of carbonyl (C=O) groups is 1. The molecule has 112 valence electrons. The summed E-state index contributed by atoms with van der Waals surface area (Å²) in [6.07, 6.45) is 3.42. The van der Waals surface area contributed by atoms with E-state index in [4.69, 9.17) is 11.6 Å². The Morgan fingerprint density at radius 2 is 2.00 bits per heavy atom. The molecule has 0 bridgehead atoms. The molecule has 0 fully saturated rings. The molecule has 1 aromatic rings. The number of hydrogen-bond donors (Lipinski definition) is 1. The van der Waals surface area contributed by atoms with Gasteiger partial charge >= 0.3 is 5.97 Å². The Kier molecular flexibility index (Phi) is 6.27. The molecule has 0 radical (unpaired) electrons. The van der Waals surface area contributed by atoms with Gasteiger partial charge in [0.2, 0.25) is 0 Å². The first kappa shape index (κ1) is 16.8. The van der Waals surface area contributed by atoms with Gasteiger partial charge in [-0.2, -0.15) is 0 Å². The van der Waals surface area contributed by atoms with Gasteiger partial charge in [0, 0.05) is 18.8 Å². The van der Waals surface area contributed by atoms with Gasteiger partial charge in [-0.05, 0) is 24.8 Å². The summed E-state index contributed by atoms with van der Waals surface area (Å²) < 4.78 is 0. The smallest absolute Gasteiger partial charge is 0.337 e. The molecule has 0 amide bonds. The lowest BCUT2D eigenvalue weighted by Crippen LogP contribution is -2.38. The highest BCUT2D eigenvalue weighted by molar-refractivity contribution is 6.33. The summed E-state index contributed by atoms with van der Waals surface area (Å²) in [7, 11) is 0. The summed E-state index contributed by atoms with van der Waals surface area (Å²) in [6.45, 7) is 9.40. The molecule has 5 heteroatoms. The van der Waals surface area contributed by atoms with Gasteiger partial charge in [0.05, 0.1) is 10.6 Å². The SMILES string of the molecule is CCC(CC)N(CC(C)C)c1cc(C(=O)O)c(Cl)cn1. The van der Waals surface area contributed by atoms with E-state index in [1.54, 1.807) is 6.07 Å². The minimum absolute atomic E-state index is 0.108. The molecule has 1 aromatic heterocycles. The number of pyridine rings is 1. The average molecular weight is 299 g/mol. The van der Waals surface area contributed by atoms with Crippen molar-refractivity contribution in [3.63, 3.8) is 0 Å². The number of hydrogen-bond acceptors (Lipinski definition) is 3. The van der Waals surface area contributed by atoms with Crippen LogP contribution in [0.25, 0.3) is 0 Å². The molecule has 1 heterocycles. The van der Waals surface area contributed by atoms with E-state index in [9.17, 15) is 9.90 Å². The van der Waals surface area contributed by atoms with Crippen LogP contribution in [0.5, 0.6) is 0 Å². The Morgan fingerprint density at radius 3 is 2.45 bits per heavy atom. The van der Waals surface area contributed by atoms with Crippen LogP contribution in [0.3, 0.4) is 0 Å². The minimum atomic E-state index is -1.02. The third kappa shape index (κ3) is 4.10. The molecule has 0 aliphatic rings. The number of halogens is 1. The lowest BCUT2D eigenvalue weighted by Gasteiger charge is -2.33. The average Bonchev–Trinajstić information content (AvgIpc) is 2.38. The zero-order valence-corrected chi connectivity index (χ0v) is 13.3. The first-order valence-corrected chi connectivity index (χ1v) is 7.43. The van der Waals surface area contributed by atoms with Gasteiger partial charge in [-0.1, -0.05) is 39.3 Å². The van der Waals surface area contributed by atoms with Crippen LogP contribution in [0, 0.1) is 5.92 Å². The van der Waals surface area contributed by atoms with E-state index >= 15 is 0 Å². The molecule has 1 N–H and O–H groups in total. The van der Waals surface area contributed by atoms with Crippen molar-refractivity contribution in [3.8, 4) is 0 Å². The fourth-order valence-corrected chi connectivity index (χ4v) is 2.49. The fraction of sp³-hybridized carbons (Fsp3) is 0.600. The molecule has 0 atom stereocenters. The van der Waals surface area contributed by atoms with E-state index in [1.165, 1.54) is 6.20 Å². The van der Waals surface area contributed by atoms with E-state index in [0.717, 1.165) is 19.4 Å². The lowest BCUT2D eigenvalue weighted by molar-refractivity contribution is 0.0697. The van der Waals surface area contributed by atoms with E-state index in [2.05, 4.69) is 37.6 Å². The van der Waals surface area contributed by atoms with Gasteiger partial charge < -0.3 is 10.0 Å². The number of anilines is 1. The van der Waals surface area contributed by atoms with Crippen molar-refractivity contribution in [2.75, 3.05) is 11.4 Å². The van der Waals surface area contributed by atoms with Crippen LogP contribution >= 0.6 is 11.6 Å². The Labute approximate surface area is 125 Å². The molecule has 0 aromatic carbocycles. The van der Waals surface area contributed by atoms with Gasteiger partial charge in [0.25, 0.3) is 0 Å². The zero-order chi connectivity index (χ0) is 15.3. The third-order valence-corrected chi connectivity index (χ3v) is 3.61. The van der Waals surface area contributed by atoms with Crippen molar-refractivity contribution in [2.24, 2.45) is 5.92 Å². The zero-order valence-electron chi connectivity index (χ0n) is 12.6. The van der Waals surface area contributed by atoms with E-state index in [1.807, 2.05) is 0 Å². The van der Waals surface area contributed by atoms with Gasteiger partial charge in [-0.3, -0.25) is 0 Å². The van der Waals surface area contributed by atoms with Gasteiger partial charge in [0.15, 0.2) is 0 Å². The number of rotatable bonds is 7. The topological polar surface area (TPSA) is 53.4 Å². The summed E-state index contributed by atoms with van der Waals surface area (Å²) in [5, 5.41) is 9.35. The number of aromatic nitrogens is 1. The largest absolute Gasteiger partial charge is 0.478 e. The highest BCUT2D eigenvalue weighted by Crippen LogP contribution is 2.24. The summed E-state index contributed by atoms with van der Waals surface area (Å²) in [5.41, 5.74) is 0.108. The molecule has 4 nitrogen and oxygen atoms in total. The van der Waals surface area contributed by atoms with Crippen LogP contribution in [0.2, 0.25) is 5.02 Å². The molecule has 1 rings (SSSR count).